The van der Waals surface area contributed by atoms with E-state index >= 15 is 0 Å². The number of thiazole rings is 1. The minimum atomic E-state index is 0.679. The van der Waals surface area contributed by atoms with E-state index in [-0.39, 0.29) is 0 Å². The molecule has 18 heavy (non-hydrogen) atoms. The van der Waals surface area contributed by atoms with Crippen LogP contribution in [-0.4, -0.2) is 4.98 Å². The summed E-state index contributed by atoms with van der Waals surface area (Å²) in [5, 5.41) is 2.09. The topological polar surface area (TPSA) is 38.9 Å². The third-order valence-corrected chi connectivity index (χ3v) is 4.74. The lowest BCUT2D eigenvalue weighted by Gasteiger charge is -2.08. The zero-order valence-electron chi connectivity index (χ0n) is 11.1. The molecule has 94 valence electrons. The molecule has 3 heteroatoms. The second kappa shape index (κ2) is 4.09. The van der Waals surface area contributed by atoms with E-state index in [9.17, 15) is 0 Å². The van der Waals surface area contributed by atoms with Crippen molar-refractivity contribution in [3.63, 3.8) is 0 Å². The zero-order chi connectivity index (χ0) is 12.9. The van der Waals surface area contributed by atoms with E-state index < -0.39 is 0 Å². The highest BCUT2D eigenvalue weighted by atomic mass is 32.1. The minimum Gasteiger partial charge on any atom is -0.389 e. The fourth-order valence-electron chi connectivity index (χ4n) is 2.26. The highest BCUT2D eigenvalue weighted by molar-refractivity contribution is 7.16. The summed E-state index contributed by atoms with van der Waals surface area (Å²) in [4.78, 5) is 4.77. The van der Waals surface area contributed by atoms with Crippen LogP contribution in [0.25, 0.3) is 11.3 Å². The second-order valence-electron chi connectivity index (χ2n) is 5.29. The molecule has 1 aliphatic carbocycles. The van der Waals surface area contributed by atoms with Crippen molar-refractivity contribution in [1.29, 1.82) is 0 Å². The van der Waals surface area contributed by atoms with E-state index in [1.807, 2.05) is 0 Å². The number of aromatic nitrogens is 1. The number of aryl methyl sites for hydroxylation is 3. The molecule has 1 aliphatic rings. The number of rotatable bonds is 2. The van der Waals surface area contributed by atoms with Gasteiger partial charge in [-0.05, 0) is 56.4 Å². The first-order valence-corrected chi connectivity index (χ1v) is 7.22. The normalized spacial score (nSPS) is 15.1. The quantitative estimate of drug-likeness (QED) is 0.877. The number of nitrogens with zero attached hydrogens (tertiary/aromatic N) is 1. The molecular formula is C15H18N2S. The lowest BCUT2D eigenvalue weighted by Crippen LogP contribution is -1.92. The van der Waals surface area contributed by atoms with Gasteiger partial charge in [0.1, 0.15) is 10.7 Å². The first kappa shape index (κ1) is 11.7. The summed E-state index contributed by atoms with van der Waals surface area (Å²) in [5.41, 5.74) is 12.2. The predicted octanol–water partition coefficient (Wildman–Crippen LogP) is 4.19. The van der Waals surface area contributed by atoms with Crippen LogP contribution in [0.4, 0.5) is 5.00 Å². The van der Waals surface area contributed by atoms with Crippen LogP contribution in [0.15, 0.2) is 12.1 Å². The summed E-state index contributed by atoms with van der Waals surface area (Å²) in [7, 11) is 0. The molecule has 0 bridgehead atoms. The summed E-state index contributed by atoms with van der Waals surface area (Å²) >= 11 is 1.67. The summed E-state index contributed by atoms with van der Waals surface area (Å²) in [5.74, 6) is 0.679. The molecule has 2 aromatic rings. The lowest BCUT2D eigenvalue weighted by atomic mass is 9.99. The highest BCUT2D eigenvalue weighted by Gasteiger charge is 2.28. The Balaban J connectivity index is 2.11. The van der Waals surface area contributed by atoms with Gasteiger partial charge in [-0.1, -0.05) is 6.07 Å². The van der Waals surface area contributed by atoms with Gasteiger partial charge in [-0.3, -0.25) is 0 Å². The van der Waals surface area contributed by atoms with E-state index in [0.717, 1.165) is 10.7 Å². The van der Waals surface area contributed by atoms with Crippen LogP contribution < -0.4 is 5.73 Å². The Morgan fingerprint density at radius 1 is 1.11 bits per heavy atom. The van der Waals surface area contributed by atoms with Crippen LogP contribution in [0, 0.1) is 20.8 Å². The first-order chi connectivity index (χ1) is 8.56. The summed E-state index contributed by atoms with van der Waals surface area (Å²) < 4.78 is 0. The van der Waals surface area contributed by atoms with E-state index in [4.69, 9.17) is 10.7 Å². The third-order valence-electron chi connectivity index (χ3n) is 3.69. The number of nitrogens with two attached hydrogens (primary N) is 1. The van der Waals surface area contributed by atoms with E-state index in [2.05, 4.69) is 32.9 Å². The molecule has 1 heterocycles. The third kappa shape index (κ3) is 1.93. The number of benzene rings is 1. The summed E-state index contributed by atoms with van der Waals surface area (Å²) in [6.45, 7) is 6.42. The van der Waals surface area contributed by atoms with Gasteiger partial charge in [-0.15, -0.1) is 11.3 Å². The van der Waals surface area contributed by atoms with Crippen molar-refractivity contribution in [1.82, 2.24) is 4.98 Å². The van der Waals surface area contributed by atoms with Crippen molar-refractivity contribution >= 4 is 16.3 Å². The van der Waals surface area contributed by atoms with Crippen LogP contribution >= 0.6 is 11.3 Å². The molecule has 1 fully saturated rings. The molecule has 2 N–H and O–H groups in total. The summed E-state index contributed by atoms with van der Waals surface area (Å²) in [6, 6.07) is 4.44. The Labute approximate surface area is 112 Å². The maximum Gasteiger partial charge on any atom is 0.114 e. The molecule has 3 rings (SSSR count). The molecule has 0 atom stereocenters. The molecule has 0 unspecified atom stereocenters. The molecule has 0 radical (unpaired) electrons. The lowest BCUT2D eigenvalue weighted by molar-refractivity contribution is 1.08. The number of hydrogen-bond acceptors (Lipinski definition) is 3. The average Bonchev–Trinajstić information content (AvgIpc) is 3.08. The number of nitrogen functional groups attached to an aromatic ring is 1. The largest absolute Gasteiger partial charge is 0.389 e. The van der Waals surface area contributed by atoms with Crippen molar-refractivity contribution in [2.75, 3.05) is 5.73 Å². The maximum absolute atomic E-state index is 6.15. The standard InChI is InChI=1S/C15H18N2S/c1-8-6-10(3)12(7-9(8)2)13-14(16)18-15(17-13)11-4-5-11/h6-7,11H,4-5,16H2,1-3H3. The van der Waals surface area contributed by atoms with Gasteiger partial charge in [0, 0.05) is 11.5 Å². The predicted molar refractivity (Wildman–Crippen MR) is 78.1 cm³/mol. The van der Waals surface area contributed by atoms with Gasteiger partial charge in [-0.25, -0.2) is 4.98 Å². The van der Waals surface area contributed by atoms with Crippen LogP contribution in [0.1, 0.15) is 40.5 Å². The Kier molecular flexibility index (Phi) is 2.67. The van der Waals surface area contributed by atoms with E-state index in [0.29, 0.717) is 5.92 Å². The highest BCUT2D eigenvalue weighted by Crippen LogP contribution is 2.45. The zero-order valence-corrected chi connectivity index (χ0v) is 11.9. The Morgan fingerprint density at radius 3 is 2.44 bits per heavy atom. The Hall–Kier alpha value is -1.35. The Bertz CT molecular complexity index is 609. The van der Waals surface area contributed by atoms with Gasteiger partial charge < -0.3 is 5.73 Å². The fraction of sp³-hybridized carbons (Fsp3) is 0.400. The molecular weight excluding hydrogens is 240 g/mol. The van der Waals surface area contributed by atoms with Crippen molar-refractivity contribution in [2.45, 2.75) is 39.5 Å². The second-order valence-corrected chi connectivity index (χ2v) is 6.35. The minimum absolute atomic E-state index is 0.679. The molecule has 0 aliphatic heterocycles. The van der Waals surface area contributed by atoms with Gasteiger partial charge in [0.2, 0.25) is 0 Å². The van der Waals surface area contributed by atoms with Crippen LogP contribution in [0.3, 0.4) is 0 Å². The molecule has 0 saturated heterocycles. The van der Waals surface area contributed by atoms with E-state index in [1.54, 1.807) is 11.3 Å². The number of hydrogen-bond donors (Lipinski definition) is 1. The average molecular weight is 258 g/mol. The smallest absolute Gasteiger partial charge is 0.114 e. The molecule has 1 aromatic heterocycles. The monoisotopic (exact) mass is 258 g/mol. The van der Waals surface area contributed by atoms with Crippen molar-refractivity contribution in [3.05, 3.63) is 33.8 Å². The summed E-state index contributed by atoms with van der Waals surface area (Å²) in [6.07, 6.45) is 2.55. The molecule has 1 saturated carbocycles. The maximum atomic E-state index is 6.15. The van der Waals surface area contributed by atoms with Crippen molar-refractivity contribution in [3.8, 4) is 11.3 Å². The van der Waals surface area contributed by atoms with Gasteiger partial charge in [0.25, 0.3) is 0 Å². The first-order valence-electron chi connectivity index (χ1n) is 6.40. The molecule has 0 spiro atoms. The SMILES string of the molecule is Cc1cc(C)c(-c2nc(C3CC3)sc2N)cc1C. The fourth-order valence-corrected chi connectivity index (χ4v) is 3.28. The molecule has 0 amide bonds. The molecule has 2 nitrogen and oxygen atoms in total. The van der Waals surface area contributed by atoms with Gasteiger partial charge in [0.15, 0.2) is 0 Å². The van der Waals surface area contributed by atoms with Crippen LogP contribution in [-0.2, 0) is 0 Å². The van der Waals surface area contributed by atoms with Crippen LogP contribution in [0.2, 0.25) is 0 Å². The van der Waals surface area contributed by atoms with Crippen LogP contribution in [0.5, 0.6) is 0 Å². The van der Waals surface area contributed by atoms with Gasteiger partial charge >= 0.3 is 0 Å². The number of anilines is 1. The van der Waals surface area contributed by atoms with Gasteiger partial charge in [0.05, 0.1) is 5.01 Å². The molecule has 1 aromatic carbocycles. The van der Waals surface area contributed by atoms with E-state index in [1.165, 1.54) is 40.1 Å². The van der Waals surface area contributed by atoms with Crippen molar-refractivity contribution in [2.24, 2.45) is 0 Å². The van der Waals surface area contributed by atoms with Gasteiger partial charge in [-0.2, -0.15) is 0 Å². The Morgan fingerprint density at radius 2 is 1.78 bits per heavy atom. The van der Waals surface area contributed by atoms with Crippen molar-refractivity contribution < 1.29 is 0 Å².